The topological polar surface area (TPSA) is 69.4 Å². The molecule has 0 aliphatic rings. The Kier molecular flexibility index (Phi) is 3.79. The minimum Gasteiger partial charge on any atom is -0.465 e. The maximum atomic E-state index is 11.7. The molecular weight excluding hydrogens is 258 g/mol. The second-order valence-corrected chi connectivity index (χ2v) is 4.28. The third-order valence-electron chi connectivity index (χ3n) is 3.09. The number of rotatable bonds is 3. The van der Waals surface area contributed by atoms with Gasteiger partial charge in [-0.2, -0.15) is 0 Å². The lowest BCUT2D eigenvalue weighted by molar-refractivity contribution is -0.384. The van der Waals surface area contributed by atoms with E-state index in [0.29, 0.717) is 11.1 Å². The van der Waals surface area contributed by atoms with Gasteiger partial charge in [0, 0.05) is 12.1 Å². The van der Waals surface area contributed by atoms with Gasteiger partial charge in [-0.3, -0.25) is 10.1 Å². The molecule has 0 saturated carbocycles. The van der Waals surface area contributed by atoms with Crippen LogP contribution in [0.25, 0.3) is 11.1 Å². The molecule has 20 heavy (non-hydrogen) atoms. The van der Waals surface area contributed by atoms with Crippen molar-refractivity contribution in [1.82, 2.24) is 0 Å². The first-order valence-corrected chi connectivity index (χ1v) is 5.97. The van der Waals surface area contributed by atoms with E-state index in [4.69, 9.17) is 0 Å². The molecule has 0 radical (unpaired) electrons. The van der Waals surface area contributed by atoms with E-state index in [9.17, 15) is 14.9 Å². The zero-order valence-electron chi connectivity index (χ0n) is 11.1. The number of nitro benzene ring substituents is 1. The van der Waals surface area contributed by atoms with Gasteiger partial charge in [-0.05, 0) is 23.6 Å². The molecule has 0 aromatic heterocycles. The SMILES string of the molecule is COC(=O)c1cc([N+](=O)[O-])cc(-c2ccccc2)c1C. The summed E-state index contributed by atoms with van der Waals surface area (Å²) in [5, 5.41) is 11.0. The molecule has 0 aliphatic carbocycles. The summed E-state index contributed by atoms with van der Waals surface area (Å²) in [6, 6.07) is 11.9. The fourth-order valence-electron chi connectivity index (χ4n) is 2.04. The van der Waals surface area contributed by atoms with Crippen molar-refractivity contribution in [3.8, 4) is 11.1 Å². The van der Waals surface area contributed by atoms with Crippen LogP contribution in [0.2, 0.25) is 0 Å². The Labute approximate surface area is 116 Å². The van der Waals surface area contributed by atoms with Crippen LogP contribution in [-0.2, 0) is 4.74 Å². The Morgan fingerprint density at radius 1 is 1.20 bits per heavy atom. The number of benzene rings is 2. The number of nitro groups is 1. The van der Waals surface area contributed by atoms with Crippen LogP contribution in [0.15, 0.2) is 42.5 Å². The summed E-state index contributed by atoms with van der Waals surface area (Å²) in [5.41, 5.74) is 2.21. The lowest BCUT2D eigenvalue weighted by Gasteiger charge is -2.10. The van der Waals surface area contributed by atoms with Crippen LogP contribution in [0.5, 0.6) is 0 Å². The Morgan fingerprint density at radius 2 is 1.85 bits per heavy atom. The van der Waals surface area contributed by atoms with Crippen LogP contribution in [0, 0.1) is 17.0 Å². The van der Waals surface area contributed by atoms with E-state index in [1.165, 1.54) is 19.2 Å². The van der Waals surface area contributed by atoms with Crippen molar-refractivity contribution in [3.05, 3.63) is 63.7 Å². The molecule has 2 aromatic carbocycles. The van der Waals surface area contributed by atoms with Crippen molar-refractivity contribution in [2.45, 2.75) is 6.92 Å². The Hall–Kier alpha value is -2.69. The lowest BCUT2D eigenvalue weighted by atomic mass is 9.95. The molecule has 0 unspecified atom stereocenters. The molecule has 0 bridgehead atoms. The van der Waals surface area contributed by atoms with Gasteiger partial charge in [0.2, 0.25) is 0 Å². The summed E-state index contributed by atoms with van der Waals surface area (Å²) in [4.78, 5) is 22.2. The minimum atomic E-state index is -0.580. The highest BCUT2D eigenvalue weighted by atomic mass is 16.6. The van der Waals surface area contributed by atoms with Crippen LogP contribution in [0.3, 0.4) is 0 Å². The fourth-order valence-corrected chi connectivity index (χ4v) is 2.04. The molecule has 5 heteroatoms. The van der Waals surface area contributed by atoms with Crippen LogP contribution in [0.1, 0.15) is 15.9 Å². The van der Waals surface area contributed by atoms with Gasteiger partial charge in [0.25, 0.3) is 5.69 Å². The van der Waals surface area contributed by atoms with Gasteiger partial charge in [0.1, 0.15) is 0 Å². The zero-order chi connectivity index (χ0) is 14.7. The maximum Gasteiger partial charge on any atom is 0.338 e. The van der Waals surface area contributed by atoms with E-state index in [1.807, 2.05) is 30.3 Å². The van der Waals surface area contributed by atoms with Gasteiger partial charge in [-0.1, -0.05) is 30.3 Å². The van der Waals surface area contributed by atoms with Gasteiger partial charge < -0.3 is 4.74 Å². The summed E-state index contributed by atoms with van der Waals surface area (Å²) < 4.78 is 4.68. The number of hydrogen-bond acceptors (Lipinski definition) is 4. The summed E-state index contributed by atoms with van der Waals surface area (Å²) in [5.74, 6) is -0.580. The quantitative estimate of drug-likeness (QED) is 0.487. The highest BCUT2D eigenvalue weighted by Gasteiger charge is 2.19. The van der Waals surface area contributed by atoms with Crippen molar-refractivity contribution in [2.75, 3.05) is 7.11 Å². The van der Waals surface area contributed by atoms with Crippen LogP contribution in [-0.4, -0.2) is 18.0 Å². The van der Waals surface area contributed by atoms with Gasteiger partial charge in [-0.15, -0.1) is 0 Å². The van der Waals surface area contributed by atoms with Crippen LogP contribution < -0.4 is 0 Å². The predicted octanol–water partition coefficient (Wildman–Crippen LogP) is 3.36. The van der Waals surface area contributed by atoms with E-state index in [1.54, 1.807) is 6.92 Å². The maximum absolute atomic E-state index is 11.7. The van der Waals surface area contributed by atoms with E-state index in [0.717, 1.165) is 5.56 Å². The van der Waals surface area contributed by atoms with Crippen molar-refractivity contribution in [1.29, 1.82) is 0 Å². The summed E-state index contributed by atoms with van der Waals surface area (Å²) in [6.45, 7) is 1.75. The molecule has 0 fully saturated rings. The van der Waals surface area contributed by atoms with Gasteiger partial charge in [0.05, 0.1) is 17.6 Å². The smallest absolute Gasteiger partial charge is 0.338 e. The first kappa shape index (κ1) is 13.7. The number of carbonyl (C=O) groups is 1. The number of esters is 1. The van der Waals surface area contributed by atoms with Gasteiger partial charge >= 0.3 is 5.97 Å². The standard InChI is InChI=1S/C15H13NO4/c1-10-13(11-6-4-3-5-7-11)8-12(16(18)19)9-14(10)15(17)20-2/h3-9H,1-2H3. The second kappa shape index (κ2) is 5.52. The van der Waals surface area contributed by atoms with Crippen molar-refractivity contribution in [2.24, 2.45) is 0 Å². The third-order valence-corrected chi connectivity index (χ3v) is 3.09. The molecular formula is C15H13NO4. The zero-order valence-corrected chi connectivity index (χ0v) is 11.1. The van der Waals surface area contributed by atoms with Crippen LogP contribution in [0.4, 0.5) is 5.69 Å². The number of hydrogen-bond donors (Lipinski definition) is 0. The van der Waals surface area contributed by atoms with E-state index in [2.05, 4.69) is 4.74 Å². The molecule has 0 N–H and O–H groups in total. The predicted molar refractivity (Wildman–Crippen MR) is 74.6 cm³/mol. The Bertz CT molecular complexity index is 665. The largest absolute Gasteiger partial charge is 0.465 e. The van der Waals surface area contributed by atoms with Gasteiger partial charge in [-0.25, -0.2) is 4.79 Å². The number of ether oxygens (including phenoxy) is 1. The summed E-state index contributed by atoms with van der Waals surface area (Å²) in [6.07, 6.45) is 0. The molecule has 5 nitrogen and oxygen atoms in total. The molecule has 102 valence electrons. The van der Waals surface area contributed by atoms with Crippen molar-refractivity contribution in [3.63, 3.8) is 0 Å². The number of methoxy groups -OCH3 is 1. The Balaban J connectivity index is 2.70. The molecule has 0 aliphatic heterocycles. The minimum absolute atomic E-state index is 0.130. The Morgan fingerprint density at radius 3 is 2.40 bits per heavy atom. The molecule has 0 saturated heterocycles. The van der Waals surface area contributed by atoms with E-state index >= 15 is 0 Å². The molecule has 0 atom stereocenters. The highest BCUT2D eigenvalue weighted by Crippen LogP contribution is 2.30. The van der Waals surface area contributed by atoms with Crippen LogP contribution >= 0.6 is 0 Å². The first-order valence-electron chi connectivity index (χ1n) is 5.97. The van der Waals surface area contributed by atoms with E-state index < -0.39 is 10.9 Å². The second-order valence-electron chi connectivity index (χ2n) is 4.28. The number of nitrogens with zero attached hydrogens (tertiary/aromatic N) is 1. The molecule has 2 aromatic rings. The number of carbonyl (C=O) groups excluding carboxylic acids is 1. The van der Waals surface area contributed by atoms with E-state index in [-0.39, 0.29) is 11.3 Å². The van der Waals surface area contributed by atoms with Gasteiger partial charge in [0.15, 0.2) is 0 Å². The molecule has 2 rings (SSSR count). The fraction of sp³-hybridized carbons (Fsp3) is 0.133. The monoisotopic (exact) mass is 271 g/mol. The third kappa shape index (κ3) is 2.51. The summed E-state index contributed by atoms with van der Waals surface area (Å²) >= 11 is 0. The molecule has 0 heterocycles. The van der Waals surface area contributed by atoms with Crippen molar-refractivity contribution >= 4 is 11.7 Å². The average molecular weight is 271 g/mol. The van der Waals surface area contributed by atoms with Crippen molar-refractivity contribution < 1.29 is 14.5 Å². The summed E-state index contributed by atoms with van der Waals surface area (Å²) in [7, 11) is 1.25. The average Bonchev–Trinajstić information content (AvgIpc) is 2.47. The molecule has 0 amide bonds. The normalized spacial score (nSPS) is 10.1. The highest BCUT2D eigenvalue weighted by molar-refractivity contribution is 5.94. The molecule has 0 spiro atoms. The number of non-ortho nitro benzene ring substituents is 1. The lowest BCUT2D eigenvalue weighted by Crippen LogP contribution is -2.06. The first-order chi connectivity index (χ1) is 9.54.